The van der Waals surface area contributed by atoms with E-state index in [1.807, 2.05) is 0 Å². The molecule has 2 aromatic heterocycles. The Morgan fingerprint density at radius 3 is 2.74 bits per heavy atom. The van der Waals surface area contributed by atoms with E-state index in [1.54, 1.807) is 30.5 Å². The van der Waals surface area contributed by atoms with E-state index in [4.69, 9.17) is 9.79 Å². The Labute approximate surface area is 130 Å². The summed E-state index contributed by atoms with van der Waals surface area (Å²) >= 11 is 0. The molecule has 0 spiro atoms. The van der Waals surface area contributed by atoms with E-state index in [0.717, 1.165) is 5.82 Å². The minimum Gasteiger partial charge on any atom is -0.353 e. The number of anilines is 2. The van der Waals surface area contributed by atoms with Crippen LogP contribution in [0.5, 0.6) is 0 Å². The maximum Gasteiger partial charge on any atom is 0.349 e. The molecule has 0 atom stereocenters. The topological polar surface area (TPSA) is 131 Å². The van der Waals surface area contributed by atoms with Crippen LogP contribution in [0.2, 0.25) is 0 Å². The third-order valence-electron chi connectivity index (χ3n) is 3.15. The van der Waals surface area contributed by atoms with E-state index in [9.17, 15) is 9.36 Å². The molecule has 0 aliphatic carbocycles. The van der Waals surface area contributed by atoms with Crippen LogP contribution >= 0.6 is 7.60 Å². The largest absolute Gasteiger partial charge is 0.353 e. The molecule has 0 radical (unpaired) electrons. The molecule has 0 bridgehead atoms. The fraction of sp³-hybridized carbons (Fsp3) is 0. The zero-order valence-corrected chi connectivity index (χ0v) is 12.6. The number of rotatable bonds is 4. The van der Waals surface area contributed by atoms with Gasteiger partial charge in [0.1, 0.15) is 11.0 Å². The number of H-pyrrole nitrogens is 2. The summed E-state index contributed by atoms with van der Waals surface area (Å²) in [5.74, 6) is 0.839. The molecule has 0 amide bonds. The molecule has 9 heteroatoms. The Bertz CT molecular complexity index is 986. The third kappa shape index (κ3) is 3.40. The Kier molecular flexibility index (Phi) is 3.87. The highest BCUT2D eigenvalue weighted by Crippen LogP contribution is 2.37. The molecule has 23 heavy (non-hydrogen) atoms. The van der Waals surface area contributed by atoms with Crippen molar-refractivity contribution in [2.75, 3.05) is 5.32 Å². The van der Waals surface area contributed by atoms with Gasteiger partial charge in [-0.1, -0.05) is 18.2 Å². The van der Waals surface area contributed by atoms with Crippen LogP contribution in [0.25, 0.3) is 17.1 Å². The van der Waals surface area contributed by atoms with Gasteiger partial charge in [-0.05, 0) is 17.7 Å². The lowest BCUT2D eigenvalue weighted by molar-refractivity contribution is 0.386. The Morgan fingerprint density at radius 1 is 1.17 bits per heavy atom. The quantitative estimate of drug-likeness (QED) is 0.465. The van der Waals surface area contributed by atoms with Gasteiger partial charge in [-0.2, -0.15) is 0 Å². The van der Waals surface area contributed by atoms with Crippen LogP contribution in [0.3, 0.4) is 0 Å². The molecule has 0 saturated carbocycles. The van der Waals surface area contributed by atoms with Crippen molar-refractivity contribution in [2.24, 2.45) is 0 Å². The van der Waals surface area contributed by atoms with E-state index in [2.05, 4.69) is 20.3 Å². The Hall–Kier alpha value is -2.67. The number of para-hydroxylation sites is 1. The molecule has 118 valence electrons. The van der Waals surface area contributed by atoms with Crippen LogP contribution in [-0.4, -0.2) is 24.7 Å². The highest BCUT2D eigenvalue weighted by atomic mass is 31.2. The van der Waals surface area contributed by atoms with Crippen LogP contribution in [-0.2, 0) is 4.57 Å². The zero-order valence-electron chi connectivity index (χ0n) is 11.7. The van der Waals surface area contributed by atoms with Gasteiger partial charge in [0.15, 0.2) is 0 Å². The second-order valence-electron chi connectivity index (χ2n) is 4.77. The van der Waals surface area contributed by atoms with Crippen molar-refractivity contribution < 1.29 is 14.4 Å². The molecule has 0 unspecified atom stereocenters. The van der Waals surface area contributed by atoms with Crippen molar-refractivity contribution in [2.45, 2.75) is 0 Å². The van der Waals surface area contributed by atoms with Gasteiger partial charge < -0.3 is 25.1 Å². The number of nitrogens with one attached hydrogen (secondary N) is 3. The van der Waals surface area contributed by atoms with E-state index in [0.29, 0.717) is 28.0 Å². The lowest BCUT2D eigenvalue weighted by Crippen LogP contribution is -2.05. The van der Waals surface area contributed by atoms with E-state index in [1.165, 1.54) is 12.4 Å². The normalized spacial score (nSPS) is 12.1. The summed E-state index contributed by atoms with van der Waals surface area (Å²) in [6.45, 7) is 0. The third-order valence-corrected chi connectivity index (χ3v) is 3.68. The highest BCUT2D eigenvalue weighted by Gasteiger charge is 2.10. The first-order valence-electron chi connectivity index (χ1n) is 6.59. The van der Waals surface area contributed by atoms with Crippen LogP contribution in [0.1, 0.15) is 5.56 Å². The smallest absolute Gasteiger partial charge is 0.349 e. The van der Waals surface area contributed by atoms with E-state index in [-0.39, 0.29) is 5.56 Å². The molecule has 0 fully saturated rings. The summed E-state index contributed by atoms with van der Waals surface area (Å²) in [4.78, 5) is 39.0. The molecular weight excluding hydrogens is 319 g/mol. The van der Waals surface area contributed by atoms with Crippen LogP contribution in [0, 0.1) is 0 Å². The lowest BCUT2D eigenvalue weighted by Gasteiger charge is -2.08. The maximum atomic E-state index is 11.7. The molecule has 0 saturated heterocycles. The number of benzene rings is 1. The van der Waals surface area contributed by atoms with Crippen LogP contribution in [0.4, 0.5) is 11.4 Å². The molecule has 2 heterocycles. The van der Waals surface area contributed by atoms with Gasteiger partial charge in [0.25, 0.3) is 5.56 Å². The lowest BCUT2D eigenvalue weighted by atomic mass is 10.1. The van der Waals surface area contributed by atoms with Crippen molar-refractivity contribution in [1.82, 2.24) is 15.0 Å². The van der Waals surface area contributed by atoms with E-state index >= 15 is 0 Å². The molecular formula is C14H13N4O4P. The number of fused-ring (bicyclic) bond motifs is 1. The SMILES string of the molecule is O=c1[nH]cnc2c(Nc3ccccc3/C=C/P(=O)(O)O)c[nH]c12. The number of nitrogens with zero attached hydrogens (tertiary/aromatic N) is 1. The maximum absolute atomic E-state index is 11.7. The average molecular weight is 332 g/mol. The predicted molar refractivity (Wildman–Crippen MR) is 87.5 cm³/mol. The van der Waals surface area contributed by atoms with Crippen molar-refractivity contribution in [1.29, 1.82) is 0 Å². The second kappa shape index (κ2) is 5.85. The molecule has 3 aromatic rings. The number of aromatic nitrogens is 3. The fourth-order valence-electron chi connectivity index (χ4n) is 2.12. The minimum atomic E-state index is -4.24. The first kappa shape index (κ1) is 15.2. The summed E-state index contributed by atoms with van der Waals surface area (Å²) < 4.78 is 11.0. The van der Waals surface area contributed by atoms with Gasteiger partial charge in [-0.3, -0.25) is 9.36 Å². The standard InChI is InChI=1S/C14H13N4O4P/c19-14-13-12(16-8-17-14)11(7-15-13)18-10-4-2-1-3-9(10)5-6-23(20,21)22/h1-8,15,18H,(H,16,17,19)(H2,20,21,22)/b6-5+. The van der Waals surface area contributed by atoms with Crippen LogP contribution in [0.15, 0.2) is 47.4 Å². The molecule has 0 aliphatic heterocycles. The van der Waals surface area contributed by atoms with Gasteiger partial charge in [-0.15, -0.1) is 0 Å². The molecule has 3 rings (SSSR count). The van der Waals surface area contributed by atoms with Gasteiger partial charge in [0.05, 0.1) is 12.0 Å². The summed E-state index contributed by atoms with van der Waals surface area (Å²) in [6, 6.07) is 7.00. The van der Waals surface area contributed by atoms with E-state index < -0.39 is 7.60 Å². The Balaban J connectivity index is 2.00. The average Bonchev–Trinajstić information content (AvgIpc) is 2.90. The first-order chi connectivity index (χ1) is 10.9. The monoisotopic (exact) mass is 332 g/mol. The van der Waals surface area contributed by atoms with Crippen molar-refractivity contribution in [3.63, 3.8) is 0 Å². The van der Waals surface area contributed by atoms with Crippen molar-refractivity contribution in [3.05, 3.63) is 58.5 Å². The molecule has 8 nitrogen and oxygen atoms in total. The Morgan fingerprint density at radius 2 is 1.96 bits per heavy atom. The number of hydrogen-bond acceptors (Lipinski definition) is 4. The highest BCUT2D eigenvalue weighted by molar-refractivity contribution is 7.55. The molecule has 0 aliphatic rings. The molecule has 1 aromatic carbocycles. The van der Waals surface area contributed by atoms with Gasteiger partial charge >= 0.3 is 7.60 Å². The fourth-order valence-corrected chi connectivity index (χ4v) is 2.48. The van der Waals surface area contributed by atoms with Crippen molar-refractivity contribution >= 4 is 36.1 Å². The van der Waals surface area contributed by atoms with Crippen LogP contribution < -0.4 is 10.9 Å². The summed E-state index contributed by atoms with van der Waals surface area (Å²) in [5.41, 5.74) is 2.34. The summed E-state index contributed by atoms with van der Waals surface area (Å²) in [7, 11) is -4.24. The minimum absolute atomic E-state index is 0.280. The summed E-state index contributed by atoms with van der Waals surface area (Å²) in [6.07, 6.45) is 4.26. The second-order valence-corrected chi connectivity index (χ2v) is 6.25. The summed E-state index contributed by atoms with van der Waals surface area (Å²) in [5, 5.41) is 3.11. The van der Waals surface area contributed by atoms with Gasteiger partial charge in [0, 0.05) is 17.7 Å². The first-order valence-corrected chi connectivity index (χ1v) is 8.27. The van der Waals surface area contributed by atoms with Crippen molar-refractivity contribution in [3.8, 4) is 0 Å². The molecule has 5 N–H and O–H groups in total. The number of hydrogen-bond donors (Lipinski definition) is 5. The zero-order chi connectivity index (χ0) is 16.4. The van der Waals surface area contributed by atoms with Gasteiger partial charge in [-0.25, -0.2) is 4.98 Å². The number of aromatic amines is 2. The predicted octanol–water partition coefficient (Wildman–Crippen LogP) is 2.14. The van der Waals surface area contributed by atoms with Gasteiger partial charge in [0.2, 0.25) is 0 Å².